The highest BCUT2D eigenvalue weighted by atomic mass is 32.1. The number of amidine groups is 1. The molecule has 178 valence electrons. The van der Waals surface area contributed by atoms with Crippen molar-refractivity contribution in [3.63, 3.8) is 0 Å². The topological polar surface area (TPSA) is 147 Å². The Morgan fingerprint density at radius 1 is 1.26 bits per heavy atom. The number of nitrogens with two attached hydrogens (primary N) is 2. The first-order chi connectivity index (χ1) is 16.4. The molecule has 6 N–H and O–H groups in total. The number of imidazole rings is 1. The maximum atomic E-state index is 11.3. The lowest BCUT2D eigenvalue weighted by Gasteiger charge is -2.19. The van der Waals surface area contributed by atoms with Gasteiger partial charge in [0.1, 0.15) is 12.3 Å². The van der Waals surface area contributed by atoms with Crippen LogP contribution in [0.2, 0.25) is 0 Å². The zero-order chi connectivity index (χ0) is 24.7. The Balaban J connectivity index is 0.000000271. The average Bonchev–Trinajstić information content (AvgIpc) is 3.47. The van der Waals surface area contributed by atoms with Crippen molar-refractivity contribution in [3.05, 3.63) is 70.6 Å². The second kappa shape index (κ2) is 11.5. The van der Waals surface area contributed by atoms with E-state index in [4.69, 9.17) is 11.7 Å². The number of aliphatic hydroxyl groups is 1. The average molecular weight is 481 g/mol. The van der Waals surface area contributed by atoms with Crippen molar-refractivity contribution in [2.45, 2.75) is 20.4 Å². The summed E-state index contributed by atoms with van der Waals surface area (Å²) in [7, 11) is 1.93. The number of hydrazone groups is 1. The number of nitrogens with zero attached hydrogens (tertiary/aromatic N) is 5. The van der Waals surface area contributed by atoms with Crippen molar-refractivity contribution in [2.24, 2.45) is 16.8 Å². The minimum absolute atomic E-state index is 0.0523. The normalized spacial score (nSPS) is 11.3. The van der Waals surface area contributed by atoms with Crippen LogP contribution in [-0.4, -0.2) is 45.3 Å². The third-order valence-corrected chi connectivity index (χ3v) is 5.94. The second-order valence-electron chi connectivity index (χ2n) is 7.44. The van der Waals surface area contributed by atoms with Gasteiger partial charge in [-0.3, -0.25) is 19.2 Å². The van der Waals surface area contributed by atoms with Gasteiger partial charge in [0.05, 0.1) is 16.8 Å². The maximum Gasteiger partial charge on any atom is 0.169 e. The van der Waals surface area contributed by atoms with Crippen LogP contribution in [0, 0.1) is 13.8 Å². The first-order valence-electron chi connectivity index (χ1n) is 10.4. The number of hydrogen-bond acceptors (Lipinski definition) is 9. The number of fused-ring (bicyclic) bond motifs is 1. The van der Waals surface area contributed by atoms with Gasteiger partial charge in [0.15, 0.2) is 17.8 Å². The van der Waals surface area contributed by atoms with Gasteiger partial charge < -0.3 is 16.3 Å². The smallest absolute Gasteiger partial charge is 0.169 e. The number of aromatic nitrogens is 3. The molecule has 10 nitrogen and oxygen atoms in total. The molecule has 0 radical (unpaired) electrons. The molecular weight excluding hydrogens is 452 g/mol. The fourth-order valence-electron chi connectivity index (χ4n) is 3.21. The number of anilines is 1. The van der Waals surface area contributed by atoms with Crippen molar-refractivity contribution in [3.8, 4) is 10.6 Å². The molecule has 0 aliphatic heterocycles. The van der Waals surface area contributed by atoms with E-state index in [9.17, 15) is 9.90 Å². The Morgan fingerprint density at radius 2 is 2.06 bits per heavy atom. The summed E-state index contributed by atoms with van der Waals surface area (Å²) in [5.41, 5.74) is 4.50. The van der Waals surface area contributed by atoms with E-state index >= 15 is 0 Å². The minimum atomic E-state index is -0.442. The standard InChI is InChI=1S/C15H16N6O2S.C8H12N2/c1-9-2-3-13(24-9)12-5-18-15-11(21(17)14(8-23)19-16)4-10(7-22)6-20(12)15;1-7-3-4-8(5-9-2)6-10-7/h2-7,23H,8,16-17H2,1H3;3-4,6,9H,5H2,1-2H3/b19-14-;. The fourth-order valence-corrected chi connectivity index (χ4v) is 4.09. The molecule has 0 aromatic carbocycles. The Labute approximate surface area is 201 Å². The molecule has 0 saturated carbocycles. The molecular formula is C23H28N8O2S. The van der Waals surface area contributed by atoms with Crippen LogP contribution in [0.3, 0.4) is 0 Å². The van der Waals surface area contributed by atoms with Gasteiger partial charge in [0.2, 0.25) is 0 Å². The van der Waals surface area contributed by atoms with Gasteiger partial charge >= 0.3 is 0 Å². The van der Waals surface area contributed by atoms with E-state index in [1.54, 1.807) is 34.2 Å². The van der Waals surface area contributed by atoms with E-state index in [2.05, 4.69) is 26.5 Å². The number of carbonyl (C=O) groups is 1. The Bertz CT molecular complexity index is 1280. The number of aldehydes is 1. The highest BCUT2D eigenvalue weighted by molar-refractivity contribution is 7.15. The number of pyridine rings is 2. The molecule has 4 rings (SSSR count). The molecule has 11 heteroatoms. The molecule has 0 atom stereocenters. The molecule has 0 aliphatic rings. The maximum absolute atomic E-state index is 11.3. The summed E-state index contributed by atoms with van der Waals surface area (Å²) in [6.45, 7) is 4.46. The lowest BCUT2D eigenvalue weighted by atomic mass is 10.2. The number of rotatable bonds is 6. The Hall–Kier alpha value is -3.64. The first-order valence-corrected chi connectivity index (χ1v) is 11.2. The van der Waals surface area contributed by atoms with Crippen molar-refractivity contribution < 1.29 is 9.90 Å². The van der Waals surface area contributed by atoms with E-state index < -0.39 is 6.61 Å². The van der Waals surface area contributed by atoms with Crippen LogP contribution in [-0.2, 0) is 6.54 Å². The molecule has 0 fully saturated rings. The van der Waals surface area contributed by atoms with Crippen LogP contribution in [0.1, 0.15) is 26.5 Å². The van der Waals surface area contributed by atoms with Crippen molar-refractivity contribution in [1.82, 2.24) is 19.7 Å². The zero-order valence-electron chi connectivity index (χ0n) is 19.3. The van der Waals surface area contributed by atoms with E-state index in [0.29, 0.717) is 16.9 Å². The summed E-state index contributed by atoms with van der Waals surface area (Å²) >= 11 is 1.63. The Morgan fingerprint density at radius 3 is 2.62 bits per heavy atom. The van der Waals surface area contributed by atoms with Gasteiger partial charge in [0, 0.05) is 35.1 Å². The van der Waals surface area contributed by atoms with Crippen LogP contribution in [0.25, 0.3) is 16.2 Å². The predicted octanol–water partition coefficient (Wildman–Crippen LogP) is 2.24. The van der Waals surface area contributed by atoms with E-state index in [1.807, 2.05) is 45.3 Å². The number of carbonyl (C=O) groups excluding carboxylic acids is 1. The highest BCUT2D eigenvalue weighted by Crippen LogP contribution is 2.31. The van der Waals surface area contributed by atoms with Crippen LogP contribution in [0.5, 0.6) is 0 Å². The molecule has 4 aromatic heterocycles. The lowest BCUT2D eigenvalue weighted by molar-refractivity contribution is 0.112. The number of aliphatic hydroxyl groups excluding tert-OH is 1. The van der Waals surface area contributed by atoms with Crippen molar-refractivity contribution in [1.29, 1.82) is 0 Å². The SMILES string of the molecule is CNCc1ccc(C)nc1.Cc1ccc(-c2cnc3c(N(N)/C(CO)=N\N)cc(C=O)cn23)s1. The van der Waals surface area contributed by atoms with E-state index in [1.165, 1.54) is 10.4 Å². The summed E-state index contributed by atoms with van der Waals surface area (Å²) < 4.78 is 1.79. The summed E-state index contributed by atoms with van der Waals surface area (Å²) in [5.74, 6) is 11.3. The zero-order valence-corrected chi connectivity index (χ0v) is 20.1. The molecule has 4 aromatic rings. The van der Waals surface area contributed by atoms with Gasteiger partial charge in [-0.05, 0) is 50.7 Å². The van der Waals surface area contributed by atoms with Crippen LogP contribution < -0.4 is 22.0 Å². The molecule has 0 bridgehead atoms. The number of hydrazine groups is 1. The van der Waals surface area contributed by atoms with Gasteiger partial charge in [-0.2, -0.15) is 5.10 Å². The third-order valence-electron chi connectivity index (χ3n) is 4.92. The van der Waals surface area contributed by atoms with Gasteiger partial charge in [-0.15, -0.1) is 11.3 Å². The molecule has 0 aliphatic carbocycles. The number of aryl methyl sites for hydroxylation is 2. The van der Waals surface area contributed by atoms with Gasteiger partial charge in [0.25, 0.3) is 0 Å². The molecule has 0 saturated heterocycles. The minimum Gasteiger partial charge on any atom is -0.388 e. The molecule has 0 unspecified atom stereocenters. The fraction of sp³-hybridized carbons (Fsp3) is 0.217. The quantitative estimate of drug-likeness (QED) is 0.108. The number of nitrogens with one attached hydrogen (secondary N) is 1. The van der Waals surface area contributed by atoms with Crippen LogP contribution >= 0.6 is 11.3 Å². The van der Waals surface area contributed by atoms with Gasteiger partial charge in [-0.25, -0.2) is 10.8 Å². The molecule has 0 amide bonds. The Kier molecular flexibility index (Phi) is 8.44. The third kappa shape index (κ3) is 5.64. The number of thiophene rings is 1. The summed E-state index contributed by atoms with van der Waals surface area (Å²) in [6, 6.07) is 9.69. The van der Waals surface area contributed by atoms with Gasteiger partial charge in [-0.1, -0.05) is 6.07 Å². The van der Waals surface area contributed by atoms with Crippen LogP contribution in [0.4, 0.5) is 5.69 Å². The summed E-state index contributed by atoms with van der Waals surface area (Å²) in [5, 5.41) is 17.0. The molecule has 4 heterocycles. The summed E-state index contributed by atoms with van der Waals surface area (Å²) in [4.78, 5) is 22.1. The van der Waals surface area contributed by atoms with E-state index in [-0.39, 0.29) is 5.84 Å². The van der Waals surface area contributed by atoms with Crippen molar-refractivity contribution in [2.75, 3.05) is 18.7 Å². The second-order valence-corrected chi connectivity index (χ2v) is 8.72. The van der Waals surface area contributed by atoms with E-state index in [0.717, 1.165) is 34.1 Å². The molecule has 0 spiro atoms. The predicted molar refractivity (Wildman–Crippen MR) is 136 cm³/mol. The summed E-state index contributed by atoms with van der Waals surface area (Å²) in [6.07, 6.45) is 6.02. The van der Waals surface area contributed by atoms with Crippen molar-refractivity contribution >= 4 is 34.8 Å². The lowest BCUT2D eigenvalue weighted by Crippen LogP contribution is -2.40. The largest absolute Gasteiger partial charge is 0.388 e. The van der Waals surface area contributed by atoms with Crippen LogP contribution in [0.15, 0.2) is 54.0 Å². The highest BCUT2D eigenvalue weighted by Gasteiger charge is 2.18. The first kappa shape index (κ1) is 25.0. The molecule has 34 heavy (non-hydrogen) atoms. The number of hydrogen-bond donors (Lipinski definition) is 4. The monoisotopic (exact) mass is 480 g/mol.